The summed E-state index contributed by atoms with van der Waals surface area (Å²) in [6.07, 6.45) is 6.78. The van der Waals surface area contributed by atoms with Crippen LogP contribution in [0.4, 0.5) is 4.79 Å². The van der Waals surface area contributed by atoms with E-state index in [1.165, 1.54) is 0 Å². The molecule has 47 heavy (non-hydrogen) atoms. The lowest BCUT2D eigenvalue weighted by Gasteiger charge is -2.19. The number of benzene rings is 2. The lowest BCUT2D eigenvalue weighted by Crippen LogP contribution is -2.52. The summed E-state index contributed by atoms with van der Waals surface area (Å²) in [5.74, 6) is -3.13. The van der Waals surface area contributed by atoms with E-state index >= 15 is 0 Å². The van der Waals surface area contributed by atoms with Crippen LogP contribution in [0.15, 0.2) is 84.5 Å². The minimum absolute atomic E-state index is 0.0966. The maximum Gasteiger partial charge on any atom is 0.407 e. The molecule has 0 fully saturated rings. The third-order valence-electron chi connectivity index (χ3n) is 6.52. The van der Waals surface area contributed by atoms with E-state index in [1.54, 1.807) is 30.3 Å². The van der Waals surface area contributed by atoms with Crippen molar-refractivity contribution in [2.45, 2.75) is 31.9 Å². The second-order valence-electron chi connectivity index (χ2n) is 10.3. The zero-order chi connectivity index (χ0) is 33.7. The summed E-state index contributed by atoms with van der Waals surface area (Å²) in [6, 6.07) is 17.0. The Morgan fingerprint density at radius 3 is 2.06 bits per heavy atom. The number of esters is 1. The number of hydrogen-bond donors (Lipinski definition) is 5. The van der Waals surface area contributed by atoms with E-state index in [1.807, 2.05) is 48.6 Å². The third-order valence-corrected chi connectivity index (χ3v) is 6.52. The van der Waals surface area contributed by atoms with Gasteiger partial charge < -0.3 is 40.8 Å². The summed E-state index contributed by atoms with van der Waals surface area (Å²) in [7, 11) is 0. The monoisotopic (exact) mass is 649 g/mol. The van der Waals surface area contributed by atoms with Crippen LogP contribution in [0.2, 0.25) is 0 Å². The number of allylic oxidation sites excluding steroid dienone is 3. The zero-order valence-electron chi connectivity index (χ0n) is 25.8. The number of carbonyl (C=O) groups is 6. The van der Waals surface area contributed by atoms with E-state index in [2.05, 4.69) is 26.6 Å². The van der Waals surface area contributed by atoms with Gasteiger partial charge in [-0.1, -0.05) is 78.9 Å². The van der Waals surface area contributed by atoms with Crippen LogP contribution in [0, 0.1) is 0 Å². The molecular weight excluding hydrogens is 610 g/mol. The Hall–Kier alpha value is -5.50. The molecule has 5 amide bonds. The second-order valence-corrected chi connectivity index (χ2v) is 10.3. The molecule has 0 bridgehead atoms. The van der Waals surface area contributed by atoms with Gasteiger partial charge >= 0.3 is 12.1 Å². The van der Waals surface area contributed by atoms with Gasteiger partial charge in [0.1, 0.15) is 39.1 Å². The molecule has 5 N–H and O–H groups in total. The highest BCUT2D eigenvalue weighted by molar-refractivity contribution is 5.92. The molecule has 0 saturated carbocycles. The molecule has 1 aliphatic carbocycles. The Morgan fingerprint density at radius 2 is 1.36 bits per heavy atom. The fraction of sp³-hybridized carbons (Fsp3) is 0.333. The Labute approximate surface area is 272 Å². The molecule has 0 heterocycles. The van der Waals surface area contributed by atoms with Crippen molar-refractivity contribution in [1.82, 2.24) is 26.6 Å². The predicted octanol–water partition coefficient (Wildman–Crippen LogP) is 0.783. The quantitative estimate of drug-likeness (QED) is 0.0883. The van der Waals surface area contributed by atoms with E-state index in [9.17, 15) is 28.8 Å². The standard InChI is InChI=1S/C33H39N5O9/c39-28(18-36-33(44)47-21-26-14-8-3-9-15-26)34-19-30(41)38-27(16-24-10-4-1-5-11-24)32(43)35-17-29(40)37-23-45-22-31(42)46-20-25-12-6-2-7-13-25/h1-8,10-14,27H,9,15-23H2,(H,34,39)(H,35,43)(H,36,44)(H,37,40)(H,38,41). The van der Waals surface area contributed by atoms with Gasteiger partial charge in [0, 0.05) is 6.42 Å². The maximum absolute atomic E-state index is 12.9. The molecule has 0 spiro atoms. The molecule has 1 aliphatic rings. The number of nitrogens with one attached hydrogen (secondary N) is 5. The zero-order valence-corrected chi connectivity index (χ0v) is 25.8. The fourth-order valence-electron chi connectivity index (χ4n) is 4.08. The van der Waals surface area contributed by atoms with Crippen molar-refractivity contribution in [2.24, 2.45) is 0 Å². The van der Waals surface area contributed by atoms with Gasteiger partial charge in [-0.2, -0.15) is 0 Å². The number of alkyl carbamates (subject to hydrolysis) is 1. The minimum Gasteiger partial charge on any atom is -0.459 e. The Balaban J connectivity index is 1.35. The number of hydrogen-bond acceptors (Lipinski definition) is 9. The summed E-state index contributed by atoms with van der Waals surface area (Å²) < 4.78 is 15.3. The average Bonchev–Trinajstić information content (AvgIpc) is 3.09. The second kappa shape index (κ2) is 20.5. The van der Waals surface area contributed by atoms with Crippen molar-refractivity contribution >= 4 is 35.7 Å². The third kappa shape index (κ3) is 15.4. The highest BCUT2D eigenvalue weighted by Crippen LogP contribution is 2.11. The van der Waals surface area contributed by atoms with Gasteiger partial charge in [-0.3, -0.25) is 19.2 Å². The highest BCUT2D eigenvalue weighted by atomic mass is 16.6. The number of amides is 5. The molecule has 14 heteroatoms. The van der Waals surface area contributed by atoms with Gasteiger partial charge in [0.2, 0.25) is 23.6 Å². The molecule has 0 aliphatic heterocycles. The Bertz CT molecular complexity index is 1410. The highest BCUT2D eigenvalue weighted by Gasteiger charge is 2.22. The van der Waals surface area contributed by atoms with Crippen LogP contribution in [0.25, 0.3) is 0 Å². The van der Waals surface area contributed by atoms with E-state index in [-0.39, 0.29) is 33.0 Å². The maximum atomic E-state index is 12.9. The molecule has 250 valence electrons. The van der Waals surface area contributed by atoms with Crippen LogP contribution < -0.4 is 26.6 Å². The van der Waals surface area contributed by atoms with Crippen molar-refractivity contribution in [3.05, 3.63) is 95.6 Å². The van der Waals surface area contributed by atoms with Crippen LogP contribution in [0.5, 0.6) is 0 Å². The van der Waals surface area contributed by atoms with E-state index in [0.717, 1.165) is 29.5 Å². The van der Waals surface area contributed by atoms with E-state index in [0.29, 0.717) is 0 Å². The molecule has 0 saturated heterocycles. The first-order valence-electron chi connectivity index (χ1n) is 15.0. The normalized spacial score (nSPS) is 12.5. The average molecular weight is 650 g/mol. The van der Waals surface area contributed by atoms with Crippen LogP contribution in [0.1, 0.15) is 24.0 Å². The van der Waals surface area contributed by atoms with Crippen molar-refractivity contribution in [3.63, 3.8) is 0 Å². The molecule has 1 atom stereocenters. The minimum atomic E-state index is -1.07. The van der Waals surface area contributed by atoms with Gasteiger partial charge in [-0.25, -0.2) is 9.59 Å². The molecule has 2 aromatic carbocycles. The summed E-state index contributed by atoms with van der Waals surface area (Å²) in [6.45, 7) is -1.75. The summed E-state index contributed by atoms with van der Waals surface area (Å²) in [4.78, 5) is 73.6. The number of rotatable bonds is 18. The van der Waals surface area contributed by atoms with Gasteiger partial charge in [-0.05, 0) is 29.5 Å². The molecule has 2 aromatic rings. The van der Waals surface area contributed by atoms with Crippen molar-refractivity contribution < 1.29 is 43.0 Å². The first-order chi connectivity index (χ1) is 22.8. The molecule has 14 nitrogen and oxygen atoms in total. The molecule has 0 aromatic heterocycles. The van der Waals surface area contributed by atoms with Gasteiger partial charge in [0.05, 0.1) is 13.1 Å². The Morgan fingerprint density at radius 1 is 0.702 bits per heavy atom. The summed E-state index contributed by atoms with van der Waals surface area (Å²) in [5.41, 5.74) is 2.53. The Kier molecular flexibility index (Phi) is 15.7. The molecule has 1 unspecified atom stereocenters. The van der Waals surface area contributed by atoms with Gasteiger partial charge in [0.15, 0.2) is 0 Å². The number of carbonyl (C=O) groups excluding carboxylic acids is 6. The van der Waals surface area contributed by atoms with Crippen molar-refractivity contribution in [1.29, 1.82) is 0 Å². The largest absolute Gasteiger partial charge is 0.459 e. The lowest BCUT2D eigenvalue weighted by atomic mass is 10.1. The SMILES string of the molecule is O=C(CNC(=O)OCC1=CC=CCC1)NCC(=O)NC(Cc1ccccc1)C(=O)NCC(=O)NCOCC(=O)OCc1ccccc1. The van der Waals surface area contributed by atoms with Crippen LogP contribution in [-0.2, 0) is 51.2 Å². The van der Waals surface area contributed by atoms with Crippen LogP contribution >= 0.6 is 0 Å². The molecule has 0 radical (unpaired) electrons. The number of ether oxygens (including phenoxy) is 3. The lowest BCUT2D eigenvalue weighted by molar-refractivity contribution is -0.151. The summed E-state index contributed by atoms with van der Waals surface area (Å²) >= 11 is 0. The topological polar surface area (TPSA) is 190 Å². The van der Waals surface area contributed by atoms with Gasteiger partial charge in [-0.15, -0.1) is 0 Å². The van der Waals surface area contributed by atoms with Crippen molar-refractivity contribution in [3.8, 4) is 0 Å². The van der Waals surface area contributed by atoms with Crippen molar-refractivity contribution in [2.75, 3.05) is 39.6 Å². The smallest absolute Gasteiger partial charge is 0.407 e. The van der Waals surface area contributed by atoms with Crippen LogP contribution in [-0.4, -0.2) is 81.3 Å². The first-order valence-corrected chi connectivity index (χ1v) is 15.0. The van der Waals surface area contributed by atoms with Crippen LogP contribution in [0.3, 0.4) is 0 Å². The predicted molar refractivity (Wildman–Crippen MR) is 169 cm³/mol. The molecule has 3 rings (SSSR count). The van der Waals surface area contributed by atoms with E-state index in [4.69, 9.17) is 14.2 Å². The van der Waals surface area contributed by atoms with E-state index < -0.39 is 61.4 Å². The fourth-order valence-corrected chi connectivity index (χ4v) is 4.08. The molecular formula is C33H39N5O9. The summed E-state index contributed by atoms with van der Waals surface area (Å²) in [5, 5.41) is 12.1. The van der Waals surface area contributed by atoms with Gasteiger partial charge in [0.25, 0.3) is 0 Å². The first kappa shape index (κ1) is 36.0.